The van der Waals surface area contributed by atoms with Crippen molar-refractivity contribution in [1.82, 2.24) is 19.9 Å². The van der Waals surface area contributed by atoms with E-state index in [9.17, 15) is 9.90 Å². The summed E-state index contributed by atoms with van der Waals surface area (Å²) in [7, 11) is 0. The number of hydrogen-bond acceptors (Lipinski definition) is 3. The van der Waals surface area contributed by atoms with Crippen molar-refractivity contribution < 1.29 is 9.90 Å². The van der Waals surface area contributed by atoms with Gasteiger partial charge in [-0.15, -0.1) is 0 Å². The molecule has 9 rings (SSSR count). The number of nitrogens with two attached hydrogens (primary N) is 1. The van der Waals surface area contributed by atoms with Crippen LogP contribution >= 0.6 is 0 Å². The number of nitrogens with one attached hydrogen (secondary N) is 5. The van der Waals surface area contributed by atoms with Crippen molar-refractivity contribution in [2.75, 3.05) is 11.9 Å². The number of hydrogen-bond donors (Lipinski definition) is 7. The van der Waals surface area contributed by atoms with Crippen LogP contribution in [-0.2, 0) is 4.79 Å². The van der Waals surface area contributed by atoms with Crippen molar-refractivity contribution in [3.8, 4) is 0 Å². The quantitative estimate of drug-likeness (QED) is 0.0871. The van der Waals surface area contributed by atoms with Gasteiger partial charge in [0.15, 0.2) is 0 Å². The maximum Gasteiger partial charge on any atom is 0.243 e. The van der Waals surface area contributed by atoms with Gasteiger partial charge in [0.25, 0.3) is 0 Å². The van der Waals surface area contributed by atoms with Crippen molar-refractivity contribution in [2.24, 2.45) is 5.73 Å². The molecule has 3 unspecified atom stereocenters. The zero-order chi connectivity index (χ0) is 39.9. The largest absolute Gasteiger partial charge is 0.394 e. The van der Waals surface area contributed by atoms with Crippen LogP contribution in [0.4, 0.5) is 5.69 Å². The number of fused-ring (bicyclic) bond motifs is 8. The van der Waals surface area contributed by atoms with E-state index in [-0.39, 0.29) is 23.7 Å². The van der Waals surface area contributed by atoms with E-state index in [0.29, 0.717) is 5.69 Å². The van der Waals surface area contributed by atoms with Gasteiger partial charge in [-0.1, -0.05) is 102 Å². The fourth-order valence-corrected chi connectivity index (χ4v) is 8.53. The highest BCUT2D eigenvalue weighted by molar-refractivity contribution is 5.94. The van der Waals surface area contributed by atoms with Gasteiger partial charge >= 0.3 is 0 Å². The highest BCUT2D eigenvalue weighted by atomic mass is 16.3. The SMILES string of the molecule is Cc1ccc(C2c3ccc([nH]3)C(c3ccc(C)cc3)c3ccc([nH]3)C(c3ccc(NC(=O)C(N)CO)cc3)c3ccc([nH]3)C(c3ccc(C)cc3)c3ccc2[nH]3)cc1. The lowest BCUT2D eigenvalue weighted by molar-refractivity contribution is -0.118. The molecule has 0 saturated heterocycles. The van der Waals surface area contributed by atoms with Crippen LogP contribution in [0.15, 0.2) is 146 Å². The highest BCUT2D eigenvalue weighted by Crippen LogP contribution is 2.41. The Morgan fingerprint density at radius 3 is 0.948 bits per heavy atom. The Balaban J connectivity index is 1.24. The van der Waals surface area contributed by atoms with Crippen molar-refractivity contribution in [1.29, 1.82) is 0 Å². The maximum atomic E-state index is 12.5. The van der Waals surface area contributed by atoms with Crippen LogP contribution in [0.25, 0.3) is 0 Å². The Kier molecular flexibility index (Phi) is 9.81. The summed E-state index contributed by atoms with van der Waals surface area (Å²) in [6.07, 6.45) is 0. The maximum absolute atomic E-state index is 12.5. The number of aromatic nitrogens is 4. The Hall–Kier alpha value is -6.61. The van der Waals surface area contributed by atoms with Crippen molar-refractivity contribution in [2.45, 2.75) is 50.5 Å². The number of benzene rings is 4. The van der Waals surface area contributed by atoms with Crippen LogP contribution in [0.5, 0.6) is 0 Å². The van der Waals surface area contributed by atoms with Gasteiger partial charge in [0.2, 0.25) is 5.91 Å². The average Bonchev–Trinajstić information content (AvgIpc) is 4.08. The summed E-state index contributed by atoms with van der Waals surface area (Å²) < 4.78 is 0. The second kappa shape index (κ2) is 15.4. The summed E-state index contributed by atoms with van der Waals surface area (Å²) in [6, 6.07) is 51.1. The van der Waals surface area contributed by atoms with E-state index in [4.69, 9.17) is 5.73 Å². The number of aryl methyl sites for hydroxylation is 3. The molecule has 8 N–H and O–H groups in total. The van der Waals surface area contributed by atoms with Crippen LogP contribution in [0.1, 0.15) is 108 Å². The molecule has 4 aromatic heterocycles. The number of aliphatic hydroxyl groups is 1. The zero-order valence-electron chi connectivity index (χ0n) is 32.9. The molecule has 8 aromatic rings. The molecule has 8 nitrogen and oxygen atoms in total. The van der Waals surface area contributed by atoms with E-state index in [2.05, 4.69) is 167 Å². The Bertz CT molecular complexity index is 2530. The van der Waals surface area contributed by atoms with Gasteiger partial charge in [0.1, 0.15) is 6.04 Å². The van der Waals surface area contributed by atoms with Crippen LogP contribution in [0, 0.1) is 20.8 Å². The molecule has 3 atom stereocenters. The van der Waals surface area contributed by atoms with Gasteiger partial charge in [-0.3, -0.25) is 4.79 Å². The summed E-state index contributed by atoms with van der Waals surface area (Å²) in [5.74, 6) is -0.858. The molecule has 0 fully saturated rings. The third-order valence-electron chi connectivity index (χ3n) is 11.7. The number of carbonyl (C=O) groups is 1. The molecule has 0 aliphatic carbocycles. The normalized spacial score (nSPS) is 18.2. The van der Waals surface area contributed by atoms with E-state index < -0.39 is 18.6 Å². The highest BCUT2D eigenvalue weighted by Gasteiger charge is 2.30. The molecule has 1 aliphatic heterocycles. The van der Waals surface area contributed by atoms with Crippen molar-refractivity contribution in [3.63, 3.8) is 0 Å². The smallest absolute Gasteiger partial charge is 0.243 e. The molecule has 5 heterocycles. The number of anilines is 1. The fraction of sp³-hybridized carbons (Fsp3) is 0.180. The molecule has 8 bridgehead atoms. The summed E-state index contributed by atoms with van der Waals surface area (Å²) in [5, 5.41) is 12.2. The lowest BCUT2D eigenvalue weighted by Gasteiger charge is -2.21. The minimum absolute atomic E-state index is 0.0525. The van der Waals surface area contributed by atoms with Crippen LogP contribution in [0.2, 0.25) is 0 Å². The molecule has 0 radical (unpaired) electrons. The molecule has 290 valence electrons. The predicted molar refractivity (Wildman–Crippen MR) is 231 cm³/mol. The van der Waals surface area contributed by atoms with E-state index in [1.54, 1.807) is 0 Å². The van der Waals surface area contributed by atoms with Crippen molar-refractivity contribution >= 4 is 11.6 Å². The summed E-state index contributed by atoms with van der Waals surface area (Å²) in [5.41, 5.74) is 23.3. The number of rotatable bonds is 7. The molecular weight excluding hydrogens is 717 g/mol. The second-order valence-electron chi connectivity index (χ2n) is 15.8. The van der Waals surface area contributed by atoms with Crippen LogP contribution in [0.3, 0.4) is 0 Å². The summed E-state index contributed by atoms with van der Waals surface area (Å²) >= 11 is 0. The predicted octanol–water partition coefficient (Wildman–Crippen LogP) is 9.22. The second-order valence-corrected chi connectivity index (χ2v) is 15.8. The molecular formula is C50H48N6O2. The summed E-state index contributed by atoms with van der Waals surface area (Å²) in [4.78, 5) is 28.2. The van der Waals surface area contributed by atoms with E-state index >= 15 is 0 Å². The van der Waals surface area contributed by atoms with Gasteiger partial charge in [0.05, 0.1) is 30.3 Å². The molecule has 0 spiro atoms. The van der Waals surface area contributed by atoms with Gasteiger partial charge in [0, 0.05) is 51.2 Å². The van der Waals surface area contributed by atoms with Gasteiger partial charge in [-0.05, 0) is 104 Å². The number of H-pyrrole nitrogens is 4. The van der Waals surface area contributed by atoms with Gasteiger partial charge < -0.3 is 36.1 Å². The van der Waals surface area contributed by atoms with Gasteiger partial charge in [-0.2, -0.15) is 0 Å². The molecule has 58 heavy (non-hydrogen) atoms. The molecule has 1 aliphatic rings. The van der Waals surface area contributed by atoms with E-state index in [1.807, 2.05) is 24.3 Å². The first-order valence-corrected chi connectivity index (χ1v) is 19.9. The Morgan fingerprint density at radius 2 is 0.707 bits per heavy atom. The van der Waals surface area contributed by atoms with Crippen molar-refractivity contribution in [3.05, 3.63) is 230 Å². The summed E-state index contributed by atoms with van der Waals surface area (Å²) in [6.45, 7) is 5.95. The lowest BCUT2D eigenvalue weighted by Crippen LogP contribution is -2.38. The molecule has 8 heteroatoms. The standard InChI is InChI=1S/C50H48N6O2/c1-29-4-10-32(11-5-29)46-38-20-22-40(53-38)47(33-12-6-30(2)7-13-33)42-24-26-44(55-42)49(35-16-18-36(19-17-35)52-50(58)37(51)28-57)45-27-25-43(56-45)48(41-23-21-39(46)54-41)34-14-8-31(3)9-15-34/h4-27,37,46-49,53-57H,28,51H2,1-3H3,(H,52,58). The minimum Gasteiger partial charge on any atom is -0.394 e. The third-order valence-corrected chi connectivity index (χ3v) is 11.7. The zero-order valence-corrected chi connectivity index (χ0v) is 32.9. The third kappa shape index (κ3) is 7.13. The first kappa shape index (κ1) is 37.0. The number of amides is 1. The minimum atomic E-state index is -0.995. The number of aliphatic hydroxyl groups excluding tert-OH is 1. The first-order valence-electron chi connectivity index (χ1n) is 19.9. The topological polar surface area (TPSA) is 139 Å². The molecule has 4 aromatic carbocycles. The first-order chi connectivity index (χ1) is 28.2. The van der Waals surface area contributed by atoms with Crippen LogP contribution in [-0.4, -0.2) is 43.6 Å². The fourth-order valence-electron chi connectivity index (χ4n) is 8.53. The Labute approximate surface area is 338 Å². The van der Waals surface area contributed by atoms with E-state index in [1.165, 1.54) is 33.4 Å². The van der Waals surface area contributed by atoms with E-state index in [0.717, 1.165) is 51.1 Å². The number of carbonyl (C=O) groups excluding carboxylic acids is 1. The molecule has 0 saturated carbocycles. The monoisotopic (exact) mass is 764 g/mol. The Morgan fingerprint density at radius 1 is 0.466 bits per heavy atom. The number of aromatic amines is 4. The average molecular weight is 765 g/mol. The van der Waals surface area contributed by atoms with Crippen LogP contribution < -0.4 is 11.1 Å². The lowest BCUT2D eigenvalue weighted by atomic mass is 9.92. The van der Waals surface area contributed by atoms with Gasteiger partial charge in [-0.25, -0.2) is 0 Å². The molecule has 1 amide bonds.